The number of pyridine rings is 1. The van der Waals surface area contributed by atoms with E-state index in [9.17, 15) is 0 Å². The molecule has 166 valence electrons. The number of benzene rings is 1. The van der Waals surface area contributed by atoms with Gasteiger partial charge in [0.2, 0.25) is 5.88 Å². The zero-order valence-electron chi connectivity index (χ0n) is 18.0. The van der Waals surface area contributed by atoms with Crippen molar-refractivity contribution in [1.82, 2.24) is 20.2 Å². The molecule has 3 rings (SSSR count). The van der Waals surface area contributed by atoms with E-state index in [4.69, 9.17) is 9.47 Å². The third-order valence-electron chi connectivity index (χ3n) is 4.36. The van der Waals surface area contributed by atoms with Crippen LogP contribution in [0.5, 0.6) is 17.4 Å². The first-order chi connectivity index (χ1) is 14.8. The number of ether oxygens (including phenoxy) is 2. The zero-order valence-corrected chi connectivity index (χ0v) is 20.3. The lowest BCUT2D eigenvalue weighted by Gasteiger charge is -2.14. The highest BCUT2D eigenvalue weighted by Gasteiger charge is 2.08. The summed E-state index contributed by atoms with van der Waals surface area (Å²) >= 11 is 0. The molecule has 0 spiro atoms. The molecule has 7 nitrogen and oxygen atoms in total. The molecule has 0 aliphatic heterocycles. The number of hydrogen-bond acceptors (Lipinski definition) is 4. The molecule has 2 heterocycles. The second-order valence-electron chi connectivity index (χ2n) is 6.66. The molecule has 0 saturated carbocycles. The third kappa shape index (κ3) is 8.12. The minimum atomic E-state index is 0. The van der Waals surface area contributed by atoms with E-state index in [0.29, 0.717) is 24.8 Å². The molecule has 0 fully saturated rings. The van der Waals surface area contributed by atoms with Crippen molar-refractivity contribution in [3.05, 3.63) is 72.7 Å². The summed E-state index contributed by atoms with van der Waals surface area (Å²) < 4.78 is 13.7. The average molecular weight is 535 g/mol. The summed E-state index contributed by atoms with van der Waals surface area (Å²) in [5.41, 5.74) is 0.942. The van der Waals surface area contributed by atoms with Crippen LogP contribution < -0.4 is 20.1 Å². The van der Waals surface area contributed by atoms with Crippen molar-refractivity contribution in [2.45, 2.75) is 26.4 Å². The first kappa shape index (κ1) is 24.5. The number of nitrogens with one attached hydrogen (secondary N) is 2. The maximum absolute atomic E-state index is 5.99. The van der Waals surface area contributed by atoms with Gasteiger partial charge in [0, 0.05) is 50.8 Å². The van der Waals surface area contributed by atoms with Crippen LogP contribution in [0, 0.1) is 0 Å². The molecule has 0 aliphatic carbocycles. The van der Waals surface area contributed by atoms with Crippen LogP contribution in [-0.2, 0) is 13.1 Å². The maximum Gasteiger partial charge on any atom is 0.224 e. The van der Waals surface area contributed by atoms with Gasteiger partial charge in [-0.05, 0) is 48.9 Å². The number of aromatic nitrogens is 2. The van der Waals surface area contributed by atoms with E-state index in [0.717, 1.165) is 36.8 Å². The molecule has 2 aromatic heterocycles. The molecule has 0 bridgehead atoms. The summed E-state index contributed by atoms with van der Waals surface area (Å²) in [5.74, 6) is 2.85. The Morgan fingerprint density at radius 1 is 1.03 bits per heavy atom. The van der Waals surface area contributed by atoms with E-state index < -0.39 is 0 Å². The van der Waals surface area contributed by atoms with Crippen LogP contribution in [0.3, 0.4) is 0 Å². The van der Waals surface area contributed by atoms with Crippen LogP contribution in [0.1, 0.15) is 18.9 Å². The summed E-state index contributed by atoms with van der Waals surface area (Å²) in [6, 6.07) is 15.5. The van der Waals surface area contributed by atoms with Crippen molar-refractivity contribution in [3.8, 4) is 17.4 Å². The van der Waals surface area contributed by atoms with E-state index in [1.54, 1.807) is 13.2 Å². The second-order valence-corrected chi connectivity index (χ2v) is 6.66. The Balaban J connectivity index is 0.00000341. The fourth-order valence-electron chi connectivity index (χ4n) is 2.81. The Labute approximate surface area is 200 Å². The number of aliphatic imine (C=N–C) groups is 1. The fraction of sp³-hybridized carbons (Fsp3) is 0.304. The molecule has 0 unspecified atom stereocenters. The molecule has 0 aliphatic rings. The van der Waals surface area contributed by atoms with Crippen molar-refractivity contribution in [2.24, 2.45) is 4.99 Å². The van der Waals surface area contributed by atoms with E-state index in [-0.39, 0.29) is 24.0 Å². The van der Waals surface area contributed by atoms with E-state index in [2.05, 4.69) is 32.1 Å². The summed E-state index contributed by atoms with van der Waals surface area (Å²) in [7, 11) is 1.76. The number of guanidine groups is 1. The first-order valence-corrected chi connectivity index (χ1v) is 10.2. The van der Waals surface area contributed by atoms with Gasteiger partial charge in [-0.25, -0.2) is 4.98 Å². The topological polar surface area (TPSA) is 72.7 Å². The molecular weight excluding hydrogens is 505 g/mol. The predicted molar refractivity (Wildman–Crippen MR) is 135 cm³/mol. The quantitative estimate of drug-likeness (QED) is 0.228. The SMILES string of the molecule is CCCOc1ccc(Oc2ncccc2CNC(=NC)NCCn2cccc2)cc1.I. The van der Waals surface area contributed by atoms with Gasteiger partial charge in [-0.2, -0.15) is 0 Å². The predicted octanol–water partition coefficient (Wildman–Crippen LogP) is 4.45. The highest BCUT2D eigenvalue weighted by Crippen LogP contribution is 2.25. The van der Waals surface area contributed by atoms with Crippen molar-refractivity contribution < 1.29 is 9.47 Å². The Bertz CT molecular complexity index is 914. The monoisotopic (exact) mass is 535 g/mol. The molecule has 31 heavy (non-hydrogen) atoms. The molecular formula is C23H30IN5O2. The van der Waals surface area contributed by atoms with Gasteiger partial charge in [0.1, 0.15) is 11.5 Å². The van der Waals surface area contributed by atoms with Crippen molar-refractivity contribution in [1.29, 1.82) is 0 Å². The largest absolute Gasteiger partial charge is 0.494 e. The fourth-order valence-corrected chi connectivity index (χ4v) is 2.81. The molecule has 0 atom stereocenters. The summed E-state index contributed by atoms with van der Waals surface area (Å²) in [6.45, 7) is 4.98. The smallest absolute Gasteiger partial charge is 0.224 e. The maximum atomic E-state index is 5.99. The highest BCUT2D eigenvalue weighted by atomic mass is 127. The van der Waals surface area contributed by atoms with Crippen molar-refractivity contribution in [3.63, 3.8) is 0 Å². The minimum absolute atomic E-state index is 0. The lowest BCUT2D eigenvalue weighted by Crippen LogP contribution is -2.38. The lowest BCUT2D eigenvalue weighted by atomic mass is 10.2. The van der Waals surface area contributed by atoms with Gasteiger partial charge < -0.3 is 24.7 Å². The minimum Gasteiger partial charge on any atom is -0.494 e. The number of hydrogen-bond donors (Lipinski definition) is 2. The average Bonchev–Trinajstić information content (AvgIpc) is 3.30. The second kappa shape index (κ2) is 13.5. The van der Waals surface area contributed by atoms with Gasteiger partial charge in [-0.15, -0.1) is 24.0 Å². The number of halogens is 1. The van der Waals surface area contributed by atoms with Gasteiger partial charge in [0.05, 0.1) is 6.61 Å². The Morgan fingerprint density at radius 3 is 2.48 bits per heavy atom. The molecule has 8 heteroatoms. The summed E-state index contributed by atoms with van der Waals surface area (Å²) in [4.78, 5) is 8.67. The molecule has 3 aromatic rings. The molecule has 0 radical (unpaired) electrons. The van der Waals surface area contributed by atoms with E-state index in [1.165, 1.54) is 0 Å². The van der Waals surface area contributed by atoms with Crippen molar-refractivity contribution >= 4 is 29.9 Å². The van der Waals surface area contributed by atoms with Crippen LogP contribution in [0.25, 0.3) is 0 Å². The van der Waals surface area contributed by atoms with Crippen molar-refractivity contribution in [2.75, 3.05) is 20.2 Å². The van der Waals surface area contributed by atoms with Gasteiger partial charge in [-0.3, -0.25) is 4.99 Å². The van der Waals surface area contributed by atoms with Crippen LogP contribution in [-0.4, -0.2) is 35.7 Å². The zero-order chi connectivity index (χ0) is 21.0. The van der Waals surface area contributed by atoms with Crippen LogP contribution in [0.15, 0.2) is 72.1 Å². The third-order valence-corrected chi connectivity index (χ3v) is 4.36. The highest BCUT2D eigenvalue weighted by molar-refractivity contribution is 14.0. The van der Waals surface area contributed by atoms with Crippen LogP contribution in [0.4, 0.5) is 0 Å². The summed E-state index contributed by atoms with van der Waals surface area (Å²) in [6.07, 6.45) is 6.79. The molecule has 0 saturated heterocycles. The Hall–Kier alpha value is -2.75. The van der Waals surface area contributed by atoms with E-state index >= 15 is 0 Å². The van der Waals surface area contributed by atoms with Gasteiger partial charge in [-0.1, -0.05) is 13.0 Å². The number of nitrogens with zero attached hydrogens (tertiary/aromatic N) is 3. The van der Waals surface area contributed by atoms with Crippen LogP contribution in [0.2, 0.25) is 0 Å². The molecule has 1 aromatic carbocycles. The van der Waals surface area contributed by atoms with Gasteiger partial charge in [0.25, 0.3) is 0 Å². The summed E-state index contributed by atoms with van der Waals surface area (Å²) in [5, 5.41) is 6.63. The standard InChI is InChI=1S/C23H29N5O2.HI/c1-3-17-29-20-8-10-21(11-9-20)30-22-19(7-6-12-25-22)18-27-23(24-2)26-13-16-28-14-4-5-15-28;/h4-12,14-15H,3,13,16-18H2,1-2H3,(H2,24,26,27);1H. The van der Waals surface area contributed by atoms with Crippen LogP contribution >= 0.6 is 24.0 Å². The molecule has 2 N–H and O–H groups in total. The Kier molecular flexibility index (Phi) is 10.7. The molecule has 0 amide bonds. The Morgan fingerprint density at radius 2 is 1.77 bits per heavy atom. The normalized spacial score (nSPS) is 10.8. The van der Waals surface area contributed by atoms with Gasteiger partial charge >= 0.3 is 0 Å². The lowest BCUT2D eigenvalue weighted by molar-refractivity contribution is 0.317. The van der Waals surface area contributed by atoms with E-state index in [1.807, 2.05) is 60.9 Å². The first-order valence-electron chi connectivity index (χ1n) is 10.2. The number of rotatable bonds is 10. The van der Waals surface area contributed by atoms with Gasteiger partial charge in [0.15, 0.2) is 5.96 Å².